The van der Waals surface area contributed by atoms with E-state index >= 15 is 0 Å². The molecule has 1 amide bonds. The molecule has 4 rings (SSSR count). The SMILES string of the molecule is [2H]C(OC(=O)N(CC(=O)O)C1CCCC1)C1c2ccccc2-c2ccccc21. The van der Waals surface area contributed by atoms with Crippen LogP contribution in [-0.4, -0.2) is 41.2 Å². The van der Waals surface area contributed by atoms with Gasteiger partial charge in [0.15, 0.2) is 0 Å². The van der Waals surface area contributed by atoms with E-state index in [2.05, 4.69) is 0 Å². The van der Waals surface area contributed by atoms with E-state index in [1.165, 1.54) is 4.90 Å². The summed E-state index contributed by atoms with van der Waals surface area (Å²) in [6, 6.07) is 15.6. The molecule has 1 fully saturated rings. The fourth-order valence-corrected chi connectivity index (χ4v) is 4.24. The molecule has 0 aromatic heterocycles. The number of carbonyl (C=O) groups excluding carboxylic acids is 1. The summed E-state index contributed by atoms with van der Waals surface area (Å²) in [6.07, 6.45) is 2.79. The van der Waals surface area contributed by atoms with Gasteiger partial charge in [0.25, 0.3) is 0 Å². The van der Waals surface area contributed by atoms with Gasteiger partial charge in [-0.25, -0.2) is 4.79 Å². The van der Waals surface area contributed by atoms with Crippen LogP contribution in [0.2, 0.25) is 0 Å². The zero-order chi connectivity index (χ0) is 19.7. The number of carbonyl (C=O) groups is 2. The Bertz CT molecular complexity index is 848. The molecule has 2 aromatic carbocycles. The van der Waals surface area contributed by atoms with Gasteiger partial charge in [-0.15, -0.1) is 0 Å². The summed E-state index contributed by atoms with van der Waals surface area (Å²) in [5.41, 5.74) is 4.02. The molecule has 1 N–H and O–H groups in total. The number of carboxylic acid groups (broad SMARTS) is 1. The molecule has 0 radical (unpaired) electrons. The van der Waals surface area contributed by atoms with Crippen molar-refractivity contribution in [3.63, 3.8) is 0 Å². The Labute approximate surface area is 160 Å². The van der Waals surface area contributed by atoms with Gasteiger partial charge in [0.1, 0.15) is 13.1 Å². The number of aliphatic carboxylic acids is 1. The molecular formula is C22H23NO4. The Balaban J connectivity index is 1.58. The van der Waals surface area contributed by atoms with Crippen LogP contribution in [0.15, 0.2) is 48.5 Å². The lowest BCUT2D eigenvalue weighted by atomic mass is 9.98. The standard InChI is InChI=1S/C22H23NO4/c24-21(25)13-23(15-7-1-2-8-15)22(26)27-14-20-18-11-5-3-9-16(18)17-10-4-6-12-19(17)20/h3-6,9-12,15,20H,1-2,7-8,13-14H2,(H,24,25)/i14D. The number of fused-ring (bicyclic) bond motifs is 3. The maximum absolute atomic E-state index is 12.8. The molecule has 5 heteroatoms. The molecule has 1 atom stereocenters. The van der Waals surface area contributed by atoms with Crippen molar-refractivity contribution < 1.29 is 20.8 Å². The van der Waals surface area contributed by atoms with Gasteiger partial charge in [0, 0.05) is 12.0 Å². The second-order valence-corrected chi connectivity index (χ2v) is 7.13. The van der Waals surface area contributed by atoms with Crippen molar-refractivity contribution in [2.24, 2.45) is 0 Å². The maximum Gasteiger partial charge on any atom is 0.410 e. The molecule has 2 aromatic rings. The Morgan fingerprint density at radius 2 is 1.59 bits per heavy atom. The summed E-state index contributed by atoms with van der Waals surface area (Å²) in [4.78, 5) is 25.3. The highest BCUT2D eigenvalue weighted by molar-refractivity contribution is 5.79. The van der Waals surface area contributed by atoms with Crippen molar-refractivity contribution in [3.05, 3.63) is 59.7 Å². The Hall–Kier alpha value is -2.82. The summed E-state index contributed by atoms with van der Waals surface area (Å²) in [5, 5.41) is 9.20. The monoisotopic (exact) mass is 366 g/mol. The minimum atomic E-state index is -1.14. The van der Waals surface area contributed by atoms with Gasteiger partial charge < -0.3 is 9.84 Å². The predicted molar refractivity (Wildman–Crippen MR) is 102 cm³/mol. The predicted octanol–water partition coefficient (Wildman–Crippen LogP) is 4.26. The number of nitrogens with zero attached hydrogens (tertiary/aromatic N) is 1. The van der Waals surface area contributed by atoms with Crippen molar-refractivity contribution in [1.82, 2.24) is 4.90 Å². The van der Waals surface area contributed by atoms with Crippen LogP contribution < -0.4 is 0 Å². The molecule has 140 valence electrons. The third-order valence-corrected chi connectivity index (χ3v) is 5.49. The smallest absolute Gasteiger partial charge is 0.410 e. The molecule has 0 saturated heterocycles. The second-order valence-electron chi connectivity index (χ2n) is 7.13. The van der Waals surface area contributed by atoms with Crippen LogP contribution in [-0.2, 0) is 9.53 Å². The van der Waals surface area contributed by atoms with E-state index in [1.54, 1.807) is 0 Å². The number of amides is 1. The summed E-state index contributed by atoms with van der Waals surface area (Å²) in [5.74, 6) is -1.45. The minimum absolute atomic E-state index is 0.126. The van der Waals surface area contributed by atoms with E-state index < -0.39 is 25.2 Å². The fraction of sp³-hybridized carbons (Fsp3) is 0.364. The van der Waals surface area contributed by atoms with Crippen molar-refractivity contribution in [2.75, 3.05) is 13.1 Å². The number of rotatable bonds is 5. The lowest BCUT2D eigenvalue weighted by molar-refractivity contribution is -0.138. The van der Waals surface area contributed by atoms with Crippen LogP contribution in [0.3, 0.4) is 0 Å². The summed E-state index contributed by atoms with van der Waals surface area (Å²) in [7, 11) is 0. The topological polar surface area (TPSA) is 66.8 Å². The molecule has 27 heavy (non-hydrogen) atoms. The highest BCUT2D eigenvalue weighted by Gasteiger charge is 2.32. The first-order chi connectivity index (χ1) is 13.6. The third kappa shape index (κ3) is 3.42. The van der Waals surface area contributed by atoms with Gasteiger partial charge >= 0.3 is 12.1 Å². The number of benzene rings is 2. The van der Waals surface area contributed by atoms with Crippen LogP contribution in [0.25, 0.3) is 11.1 Å². The highest BCUT2D eigenvalue weighted by atomic mass is 16.6. The molecular weight excluding hydrogens is 342 g/mol. The van der Waals surface area contributed by atoms with Crippen LogP contribution >= 0.6 is 0 Å². The Kier molecular flexibility index (Phi) is 4.50. The van der Waals surface area contributed by atoms with Gasteiger partial charge in [-0.05, 0) is 35.1 Å². The molecule has 2 aliphatic rings. The third-order valence-electron chi connectivity index (χ3n) is 5.49. The van der Waals surface area contributed by atoms with Crippen molar-refractivity contribution in [1.29, 1.82) is 0 Å². The van der Waals surface area contributed by atoms with E-state index in [1.807, 2.05) is 48.5 Å². The maximum atomic E-state index is 12.8. The second kappa shape index (κ2) is 7.43. The van der Waals surface area contributed by atoms with E-state index in [-0.39, 0.29) is 12.0 Å². The van der Waals surface area contributed by atoms with Crippen LogP contribution in [0, 0.1) is 0 Å². The van der Waals surface area contributed by atoms with Gasteiger partial charge in [0.05, 0.1) is 1.37 Å². The number of ether oxygens (including phenoxy) is 1. The van der Waals surface area contributed by atoms with Gasteiger partial charge in [-0.2, -0.15) is 0 Å². The molecule has 1 unspecified atom stereocenters. The van der Waals surface area contributed by atoms with Crippen LogP contribution in [0.4, 0.5) is 4.79 Å². The van der Waals surface area contributed by atoms with Crippen LogP contribution in [0.1, 0.15) is 44.1 Å². The van der Waals surface area contributed by atoms with E-state index in [4.69, 9.17) is 6.11 Å². The number of carboxylic acids is 1. The average Bonchev–Trinajstić information content (AvgIpc) is 3.32. The van der Waals surface area contributed by atoms with E-state index in [9.17, 15) is 14.7 Å². The van der Waals surface area contributed by atoms with Crippen LogP contribution in [0.5, 0.6) is 0 Å². The van der Waals surface area contributed by atoms with Gasteiger partial charge in [0.2, 0.25) is 0 Å². The molecule has 2 aliphatic carbocycles. The normalized spacial score (nSPS) is 17.7. The first kappa shape index (κ1) is 16.4. The average molecular weight is 366 g/mol. The summed E-state index contributed by atoms with van der Waals surface area (Å²) in [6.45, 7) is -1.54. The lowest BCUT2D eigenvalue weighted by Gasteiger charge is -2.27. The van der Waals surface area contributed by atoms with Gasteiger partial charge in [-0.1, -0.05) is 61.4 Å². The molecule has 0 heterocycles. The van der Waals surface area contributed by atoms with E-state index in [0.29, 0.717) is 0 Å². The first-order valence-corrected chi connectivity index (χ1v) is 9.36. The molecule has 5 nitrogen and oxygen atoms in total. The molecule has 1 saturated carbocycles. The zero-order valence-corrected chi connectivity index (χ0v) is 15.0. The van der Waals surface area contributed by atoms with E-state index in [0.717, 1.165) is 47.9 Å². The molecule has 0 aliphatic heterocycles. The van der Waals surface area contributed by atoms with Gasteiger partial charge in [-0.3, -0.25) is 9.69 Å². The fourth-order valence-electron chi connectivity index (χ4n) is 4.24. The molecule has 0 bridgehead atoms. The number of hydrogen-bond donors (Lipinski definition) is 1. The minimum Gasteiger partial charge on any atom is -0.480 e. The molecule has 0 spiro atoms. The number of hydrogen-bond acceptors (Lipinski definition) is 3. The summed E-state index contributed by atoms with van der Waals surface area (Å²) < 4.78 is 14.1. The largest absolute Gasteiger partial charge is 0.480 e. The Morgan fingerprint density at radius 1 is 1.04 bits per heavy atom. The first-order valence-electron chi connectivity index (χ1n) is 9.93. The quantitative estimate of drug-likeness (QED) is 0.858. The Morgan fingerprint density at radius 3 is 2.15 bits per heavy atom. The van der Waals surface area contributed by atoms with Crippen molar-refractivity contribution in [2.45, 2.75) is 37.6 Å². The zero-order valence-electron chi connectivity index (χ0n) is 16.0. The summed E-state index contributed by atoms with van der Waals surface area (Å²) >= 11 is 0. The van der Waals surface area contributed by atoms with Crippen molar-refractivity contribution in [3.8, 4) is 11.1 Å². The lowest BCUT2D eigenvalue weighted by Crippen LogP contribution is -2.43. The van der Waals surface area contributed by atoms with Crippen molar-refractivity contribution >= 4 is 12.1 Å². The highest BCUT2D eigenvalue weighted by Crippen LogP contribution is 2.44.